The molecule has 1 unspecified atom stereocenters. The Bertz CT molecular complexity index is 603. The predicted molar refractivity (Wildman–Crippen MR) is 102 cm³/mol. The van der Waals surface area contributed by atoms with Gasteiger partial charge in [-0.15, -0.1) is 0 Å². The molecule has 0 saturated carbocycles. The summed E-state index contributed by atoms with van der Waals surface area (Å²) in [5, 5.41) is 5.65. The molecule has 0 heterocycles. The van der Waals surface area contributed by atoms with E-state index in [1.165, 1.54) is 0 Å². The maximum Gasteiger partial charge on any atom is 0.407 e. The van der Waals surface area contributed by atoms with Gasteiger partial charge in [-0.1, -0.05) is 26.5 Å². The second-order valence-electron chi connectivity index (χ2n) is 7.33. The first-order valence-corrected chi connectivity index (χ1v) is 8.74. The zero-order valence-corrected chi connectivity index (χ0v) is 16.3. The van der Waals surface area contributed by atoms with Crippen molar-refractivity contribution in [2.45, 2.75) is 46.3 Å². The number of carbonyl (C=O) groups excluding carboxylic acids is 2. The molecule has 0 saturated heterocycles. The van der Waals surface area contributed by atoms with Gasteiger partial charge in [0.05, 0.1) is 6.04 Å². The molecule has 0 spiro atoms. The van der Waals surface area contributed by atoms with E-state index in [1.807, 2.05) is 13.8 Å². The minimum absolute atomic E-state index is 0.137. The van der Waals surface area contributed by atoms with Crippen LogP contribution in [0.5, 0.6) is 5.75 Å². The summed E-state index contributed by atoms with van der Waals surface area (Å²) >= 11 is 0. The Balaban J connectivity index is 2.58. The molecule has 6 nitrogen and oxygen atoms in total. The van der Waals surface area contributed by atoms with Crippen molar-refractivity contribution in [3.63, 3.8) is 0 Å². The van der Waals surface area contributed by atoms with E-state index in [0.29, 0.717) is 24.5 Å². The molecule has 1 rings (SSSR count). The highest BCUT2D eigenvalue weighted by molar-refractivity contribution is 5.94. The van der Waals surface area contributed by atoms with E-state index < -0.39 is 11.7 Å². The fourth-order valence-electron chi connectivity index (χ4n) is 2.07. The van der Waals surface area contributed by atoms with Crippen molar-refractivity contribution in [1.29, 1.82) is 0 Å². The fourth-order valence-corrected chi connectivity index (χ4v) is 2.07. The van der Waals surface area contributed by atoms with Crippen molar-refractivity contribution in [3.05, 3.63) is 42.5 Å². The quantitative estimate of drug-likeness (QED) is 0.694. The normalized spacial score (nSPS) is 12.2. The third kappa shape index (κ3) is 8.05. The van der Waals surface area contributed by atoms with Gasteiger partial charge in [0.2, 0.25) is 0 Å². The Morgan fingerprint density at radius 2 is 1.81 bits per heavy atom. The first kappa shape index (κ1) is 21.5. The van der Waals surface area contributed by atoms with E-state index in [2.05, 4.69) is 17.2 Å². The molecule has 2 amide bonds. The Hall–Kier alpha value is -2.50. The summed E-state index contributed by atoms with van der Waals surface area (Å²) in [4.78, 5) is 24.2. The van der Waals surface area contributed by atoms with E-state index in [-0.39, 0.29) is 17.9 Å². The standard InChI is InChI=1S/C20H30N2O4/c1-7-12-25-16-10-8-15(9-11-16)18(23)21-13-17(14(2)3)22-19(24)26-20(4,5)6/h7-11,14,17H,1,12-13H2,2-6H3,(H,21,23)(H,22,24). The minimum atomic E-state index is -0.565. The summed E-state index contributed by atoms with van der Waals surface area (Å²) in [6.07, 6.45) is 1.17. The van der Waals surface area contributed by atoms with Crippen LogP contribution in [0.2, 0.25) is 0 Å². The second-order valence-corrected chi connectivity index (χ2v) is 7.33. The largest absolute Gasteiger partial charge is 0.490 e. The van der Waals surface area contributed by atoms with Gasteiger partial charge in [-0.05, 0) is 51.0 Å². The maximum absolute atomic E-state index is 12.3. The summed E-state index contributed by atoms with van der Waals surface area (Å²) in [6, 6.07) is 6.62. The fraction of sp³-hybridized carbons (Fsp3) is 0.500. The summed E-state index contributed by atoms with van der Waals surface area (Å²) in [5.74, 6) is 0.600. The zero-order valence-electron chi connectivity index (χ0n) is 16.3. The molecule has 0 aliphatic carbocycles. The molecule has 0 aliphatic rings. The molecular formula is C20H30N2O4. The smallest absolute Gasteiger partial charge is 0.407 e. The van der Waals surface area contributed by atoms with Crippen molar-refractivity contribution < 1.29 is 19.1 Å². The van der Waals surface area contributed by atoms with Gasteiger partial charge in [0.1, 0.15) is 18.0 Å². The maximum atomic E-state index is 12.3. The van der Waals surface area contributed by atoms with Gasteiger partial charge in [0.15, 0.2) is 0 Å². The average molecular weight is 362 g/mol. The van der Waals surface area contributed by atoms with Gasteiger partial charge in [-0.2, -0.15) is 0 Å². The molecule has 0 fully saturated rings. The number of benzene rings is 1. The lowest BCUT2D eigenvalue weighted by atomic mass is 10.0. The van der Waals surface area contributed by atoms with Crippen LogP contribution >= 0.6 is 0 Å². The highest BCUT2D eigenvalue weighted by Crippen LogP contribution is 2.12. The molecule has 26 heavy (non-hydrogen) atoms. The Kier molecular flexibility index (Phi) is 8.16. The van der Waals surface area contributed by atoms with Gasteiger partial charge < -0.3 is 20.1 Å². The Labute approximate surface area is 156 Å². The van der Waals surface area contributed by atoms with Crippen molar-refractivity contribution in [2.75, 3.05) is 13.2 Å². The van der Waals surface area contributed by atoms with Crippen LogP contribution in [0.3, 0.4) is 0 Å². The Morgan fingerprint density at radius 1 is 1.19 bits per heavy atom. The van der Waals surface area contributed by atoms with Gasteiger partial charge in [0, 0.05) is 12.1 Å². The van der Waals surface area contributed by atoms with Crippen LogP contribution < -0.4 is 15.4 Å². The summed E-state index contributed by atoms with van der Waals surface area (Å²) < 4.78 is 10.7. The number of alkyl carbamates (subject to hydrolysis) is 1. The van der Waals surface area contributed by atoms with E-state index in [4.69, 9.17) is 9.47 Å². The number of hydrogen-bond acceptors (Lipinski definition) is 4. The van der Waals surface area contributed by atoms with Crippen LogP contribution in [0.1, 0.15) is 45.0 Å². The zero-order chi connectivity index (χ0) is 19.7. The van der Waals surface area contributed by atoms with Crippen LogP contribution in [0, 0.1) is 5.92 Å². The van der Waals surface area contributed by atoms with Crippen LogP contribution in [0.4, 0.5) is 4.79 Å². The molecule has 1 aromatic carbocycles. The van der Waals surface area contributed by atoms with Crippen LogP contribution in [-0.2, 0) is 4.74 Å². The molecule has 6 heteroatoms. The molecule has 0 bridgehead atoms. The molecule has 2 N–H and O–H groups in total. The van der Waals surface area contributed by atoms with E-state index >= 15 is 0 Å². The first-order chi connectivity index (χ1) is 12.1. The van der Waals surface area contributed by atoms with Crippen molar-refractivity contribution in [1.82, 2.24) is 10.6 Å². The van der Waals surface area contributed by atoms with Crippen LogP contribution in [0.25, 0.3) is 0 Å². The van der Waals surface area contributed by atoms with Gasteiger partial charge in [-0.3, -0.25) is 4.79 Å². The number of amides is 2. The van der Waals surface area contributed by atoms with E-state index in [1.54, 1.807) is 51.1 Å². The van der Waals surface area contributed by atoms with Gasteiger partial charge in [-0.25, -0.2) is 4.79 Å². The minimum Gasteiger partial charge on any atom is -0.490 e. The molecule has 1 atom stereocenters. The van der Waals surface area contributed by atoms with Crippen LogP contribution in [0.15, 0.2) is 36.9 Å². The number of ether oxygens (including phenoxy) is 2. The third-order valence-corrected chi connectivity index (χ3v) is 3.47. The molecule has 0 aliphatic heterocycles. The lowest BCUT2D eigenvalue weighted by Gasteiger charge is -2.26. The lowest BCUT2D eigenvalue weighted by Crippen LogP contribution is -2.48. The SMILES string of the molecule is C=CCOc1ccc(C(=O)NCC(NC(=O)OC(C)(C)C)C(C)C)cc1. The highest BCUT2D eigenvalue weighted by Gasteiger charge is 2.22. The van der Waals surface area contributed by atoms with Crippen molar-refractivity contribution >= 4 is 12.0 Å². The topological polar surface area (TPSA) is 76.7 Å². The molecular weight excluding hydrogens is 332 g/mol. The molecule has 0 aromatic heterocycles. The highest BCUT2D eigenvalue weighted by atomic mass is 16.6. The van der Waals surface area contributed by atoms with E-state index in [9.17, 15) is 9.59 Å². The monoisotopic (exact) mass is 362 g/mol. The number of carbonyl (C=O) groups is 2. The third-order valence-electron chi connectivity index (χ3n) is 3.47. The molecule has 144 valence electrons. The van der Waals surface area contributed by atoms with Crippen molar-refractivity contribution in [3.8, 4) is 5.75 Å². The van der Waals surface area contributed by atoms with Gasteiger partial charge >= 0.3 is 6.09 Å². The second kappa shape index (κ2) is 9.85. The molecule has 1 aromatic rings. The molecule has 0 radical (unpaired) electrons. The lowest BCUT2D eigenvalue weighted by molar-refractivity contribution is 0.0487. The summed E-state index contributed by atoms with van der Waals surface area (Å²) in [7, 11) is 0. The number of nitrogens with one attached hydrogen (secondary N) is 2. The first-order valence-electron chi connectivity index (χ1n) is 8.74. The average Bonchev–Trinajstić information content (AvgIpc) is 2.55. The van der Waals surface area contributed by atoms with E-state index in [0.717, 1.165) is 0 Å². The Morgan fingerprint density at radius 3 is 2.31 bits per heavy atom. The summed E-state index contributed by atoms with van der Waals surface area (Å²) in [6.45, 7) is 13.7. The number of hydrogen-bond donors (Lipinski definition) is 2. The summed E-state index contributed by atoms with van der Waals surface area (Å²) in [5.41, 5.74) is -0.0414. The van der Waals surface area contributed by atoms with Gasteiger partial charge in [0.25, 0.3) is 5.91 Å². The predicted octanol–water partition coefficient (Wildman–Crippen LogP) is 3.53. The van der Waals surface area contributed by atoms with Crippen LogP contribution in [-0.4, -0.2) is 36.8 Å². The number of rotatable bonds is 8. The van der Waals surface area contributed by atoms with Crippen molar-refractivity contribution in [2.24, 2.45) is 5.92 Å².